The highest BCUT2D eigenvalue weighted by molar-refractivity contribution is 7.89. The van der Waals surface area contributed by atoms with Crippen molar-refractivity contribution in [3.05, 3.63) is 34.4 Å². The Kier molecular flexibility index (Phi) is 4.16. The van der Waals surface area contributed by atoms with Crippen LogP contribution in [0, 0.1) is 10.1 Å². The molecule has 0 aliphatic heterocycles. The Labute approximate surface area is 99.0 Å². The van der Waals surface area contributed by atoms with Crippen LogP contribution >= 0.6 is 0 Å². The van der Waals surface area contributed by atoms with E-state index in [-0.39, 0.29) is 23.7 Å². The van der Waals surface area contributed by atoms with Crippen LogP contribution < -0.4 is 5.73 Å². The smallest absolute Gasteiger partial charge is 0.269 e. The Balaban J connectivity index is 3.04. The maximum Gasteiger partial charge on any atom is 0.269 e. The molecule has 0 heterocycles. The standard InChI is InChI=1S/C9H13N3O4S/c1-11(7-6-10)17(15,16)9-4-2-8(3-5-9)12(13)14/h2-5H,6-7,10H2,1H3. The van der Waals surface area contributed by atoms with Crippen molar-refractivity contribution in [2.45, 2.75) is 4.90 Å². The molecular formula is C9H13N3O4S. The summed E-state index contributed by atoms with van der Waals surface area (Å²) < 4.78 is 24.9. The molecule has 0 spiro atoms. The molecule has 2 N–H and O–H groups in total. The van der Waals surface area contributed by atoms with Gasteiger partial charge in [0, 0.05) is 32.3 Å². The molecule has 8 heteroatoms. The maximum absolute atomic E-state index is 11.9. The lowest BCUT2D eigenvalue weighted by Gasteiger charge is -2.15. The normalized spacial score (nSPS) is 11.7. The van der Waals surface area contributed by atoms with Crippen molar-refractivity contribution in [2.75, 3.05) is 20.1 Å². The number of nitrogens with zero attached hydrogens (tertiary/aromatic N) is 2. The Morgan fingerprint density at radius 2 is 1.88 bits per heavy atom. The van der Waals surface area contributed by atoms with E-state index in [1.807, 2.05) is 0 Å². The average molecular weight is 259 g/mol. The van der Waals surface area contributed by atoms with E-state index in [9.17, 15) is 18.5 Å². The fourth-order valence-electron chi connectivity index (χ4n) is 1.22. The highest BCUT2D eigenvalue weighted by Gasteiger charge is 2.20. The first-order valence-electron chi connectivity index (χ1n) is 4.80. The number of non-ortho nitro benzene ring substituents is 1. The molecule has 0 saturated carbocycles. The van der Waals surface area contributed by atoms with Gasteiger partial charge in [-0.05, 0) is 12.1 Å². The number of hydrogen-bond acceptors (Lipinski definition) is 5. The van der Waals surface area contributed by atoms with Gasteiger partial charge in [0.05, 0.1) is 9.82 Å². The number of nitro groups is 1. The minimum Gasteiger partial charge on any atom is -0.329 e. The van der Waals surface area contributed by atoms with Crippen molar-refractivity contribution in [3.63, 3.8) is 0 Å². The largest absolute Gasteiger partial charge is 0.329 e. The van der Waals surface area contributed by atoms with Crippen molar-refractivity contribution >= 4 is 15.7 Å². The van der Waals surface area contributed by atoms with Crippen molar-refractivity contribution in [1.29, 1.82) is 0 Å². The van der Waals surface area contributed by atoms with Gasteiger partial charge in [0.1, 0.15) is 0 Å². The third kappa shape index (κ3) is 2.99. The lowest BCUT2D eigenvalue weighted by atomic mass is 10.3. The van der Waals surface area contributed by atoms with E-state index in [4.69, 9.17) is 5.73 Å². The van der Waals surface area contributed by atoms with E-state index >= 15 is 0 Å². The zero-order chi connectivity index (χ0) is 13.1. The summed E-state index contributed by atoms with van der Waals surface area (Å²) >= 11 is 0. The first-order valence-corrected chi connectivity index (χ1v) is 6.24. The molecule has 0 amide bonds. The first kappa shape index (κ1) is 13.6. The lowest BCUT2D eigenvalue weighted by Crippen LogP contribution is -2.31. The fraction of sp³-hybridized carbons (Fsp3) is 0.333. The van der Waals surface area contributed by atoms with Crippen LogP contribution in [0.5, 0.6) is 0 Å². The van der Waals surface area contributed by atoms with Gasteiger partial charge < -0.3 is 5.73 Å². The van der Waals surface area contributed by atoms with Gasteiger partial charge in [0.25, 0.3) is 5.69 Å². The number of hydrogen-bond donors (Lipinski definition) is 1. The van der Waals surface area contributed by atoms with E-state index in [0.717, 1.165) is 16.4 Å². The van der Waals surface area contributed by atoms with E-state index in [2.05, 4.69) is 0 Å². The molecule has 7 nitrogen and oxygen atoms in total. The van der Waals surface area contributed by atoms with Crippen molar-refractivity contribution in [1.82, 2.24) is 4.31 Å². The first-order chi connectivity index (χ1) is 7.89. The second-order valence-corrected chi connectivity index (χ2v) is 5.41. The zero-order valence-corrected chi connectivity index (χ0v) is 10.1. The number of rotatable bonds is 5. The topological polar surface area (TPSA) is 107 Å². The summed E-state index contributed by atoms with van der Waals surface area (Å²) in [6, 6.07) is 4.73. The molecule has 0 aliphatic rings. The van der Waals surface area contributed by atoms with Gasteiger partial charge in [-0.2, -0.15) is 4.31 Å². The molecule has 0 bridgehead atoms. The van der Waals surface area contributed by atoms with Gasteiger partial charge in [0.2, 0.25) is 10.0 Å². The predicted octanol–water partition coefficient (Wildman–Crippen LogP) is 0.174. The molecule has 0 unspecified atom stereocenters. The van der Waals surface area contributed by atoms with Crippen molar-refractivity contribution in [3.8, 4) is 0 Å². The predicted molar refractivity (Wildman–Crippen MR) is 62.0 cm³/mol. The Morgan fingerprint density at radius 3 is 2.29 bits per heavy atom. The van der Waals surface area contributed by atoms with Crippen LogP contribution in [-0.2, 0) is 10.0 Å². The third-order valence-electron chi connectivity index (χ3n) is 2.20. The average Bonchev–Trinajstić information content (AvgIpc) is 2.29. The molecule has 1 aromatic rings. The second kappa shape index (κ2) is 5.21. The number of likely N-dealkylation sites (N-methyl/N-ethyl adjacent to an activating group) is 1. The van der Waals surface area contributed by atoms with Gasteiger partial charge in [-0.3, -0.25) is 10.1 Å². The van der Waals surface area contributed by atoms with E-state index in [0.29, 0.717) is 0 Å². The van der Waals surface area contributed by atoms with E-state index in [1.54, 1.807) is 0 Å². The van der Waals surface area contributed by atoms with E-state index < -0.39 is 14.9 Å². The summed E-state index contributed by atoms with van der Waals surface area (Å²) in [5.41, 5.74) is 5.12. The molecule has 1 aromatic carbocycles. The highest BCUT2D eigenvalue weighted by atomic mass is 32.2. The number of benzene rings is 1. The Bertz CT molecular complexity index is 497. The Morgan fingerprint density at radius 1 is 1.35 bits per heavy atom. The molecule has 0 atom stereocenters. The van der Waals surface area contributed by atoms with Gasteiger partial charge in [-0.15, -0.1) is 0 Å². The highest BCUT2D eigenvalue weighted by Crippen LogP contribution is 2.18. The molecule has 0 aliphatic carbocycles. The monoisotopic (exact) mass is 259 g/mol. The Hall–Kier alpha value is -1.51. The molecule has 0 radical (unpaired) electrons. The molecule has 94 valence electrons. The van der Waals surface area contributed by atoms with Crippen LogP contribution in [0.15, 0.2) is 29.2 Å². The number of nitrogens with two attached hydrogens (primary N) is 1. The molecule has 0 saturated heterocycles. The molecule has 17 heavy (non-hydrogen) atoms. The summed E-state index contributed by atoms with van der Waals surface area (Å²) in [6.07, 6.45) is 0. The SMILES string of the molecule is CN(CCN)S(=O)(=O)c1ccc([N+](=O)[O-])cc1. The quantitative estimate of drug-likeness (QED) is 0.599. The summed E-state index contributed by atoms with van der Waals surface area (Å²) in [7, 11) is -2.21. The minimum absolute atomic E-state index is 0.0130. The van der Waals surface area contributed by atoms with Gasteiger partial charge in [-0.25, -0.2) is 8.42 Å². The van der Waals surface area contributed by atoms with Crippen LogP contribution in [-0.4, -0.2) is 37.8 Å². The molecule has 1 rings (SSSR count). The second-order valence-electron chi connectivity index (χ2n) is 3.37. The summed E-state index contributed by atoms with van der Waals surface area (Å²) in [5.74, 6) is 0. The van der Waals surface area contributed by atoms with Gasteiger partial charge in [-0.1, -0.05) is 0 Å². The van der Waals surface area contributed by atoms with Gasteiger partial charge in [0.15, 0.2) is 0 Å². The van der Waals surface area contributed by atoms with E-state index in [1.165, 1.54) is 19.2 Å². The zero-order valence-electron chi connectivity index (χ0n) is 9.24. The molecule has 0 fully saturated rings. The summed E-state index contributed by atoms with van der Waals surface area (Å²) in [5, 5.41) is 10.4. The van der Waals surface area contributed by atoms with Crippen LogP contribution in [0.3, 0.4) is 0 Å². The lowest BCUT2D eigenvalue weighted by molar-refractivity contribution is -0.384. The van der Waals surface area contributed by atoms with Crippen LogP contribution in [0.25, 0.3) is 0 Å². The van der Waals surface area contributed by atoms with Crippen LogP contribution in [0.2, 0.25) is 0 Å². The third-order valence-corrected chi connectivity index (χ3v) is 4.07. The van der Waals surface area contributed by atoms with Gasteiger partial charge >= 0.3 is 0 Å². The fourth-order valence-corrected chi connectivity index (χ4v) is 2.41. The van der Waals surface area contributed by atoms with Crippen molar-refractivity contribution < 1.29 is 13.3 Å². The van der Waals surface area contributed by atoms with Crippen LogP contribution in [0.1, 0.15) is 0 Å². The minimum atomic E-state index is -3.61. The summed E-state index contributed by atoms with van der Waals surface area (Å²) in [6.45, 7) is 0.405. The molecular weight excluding hydrogens is 246 g/mol. The number of nitro benzene ring substituents is 1. The molecule has 0 aromatic heterocycles. The number of sulfonamides is 1. The summed E-state index contributed by atoms with van der Waals surface area (Å²) in [4.78, 5) is 9.86. The van der Waals surface area contributed by atoms with Crippen molar-refractivity contribution in [2.24, 2.45) is 5.73 Å². The van der Waals surface area contributed by atoms with Crippen LogP contribution in [0.4, 0.5) is 5.69 Å². The maximum atomic E-state index is 11.9.